The van der Waals surface area contributed by atoms with Gasteiger partial charge in [-0.1, -0.05) is 5.16 Å². The summed E-state index contributed by atoms with van der Waals surface area (Å²) in [5.74, 6) is -12.0. The second kappa shape index (κ2) is 8.55. The number of halogens is 7. The molecule has 1 N–H and O–H groups in total. The minimum absolute atomic E-state index is 0.244. The predicted octanol–water partition coefficient (Wildman–Crippen LogP) is 4.29. The number of alkyl halides is 2. The molecular formula is C23H17F7N4O4S. The van der Waals surface area contributed by atoms with Crippen LogP contribution in [0.15, 0.2) is 22.7 Å². The number of aromatic nitrogens is 1. The number of anilines is 1. The van der Waals surface area contributed by atoms with Crippen molar-refractivity contribution in [1.82, 2.24) is 14.8 Å². The Morgan fingerprint density at radius 3 is 2.28 bits per heavy atom. The zero-order valence-electron chi connectivity index (χ0n) is 19.5. The minimum Gasteiger partial charge on any atom is -0.354 e. The van der Waals surface area contributed by atoms with E-state index in [1.165, 1.54) is 0 Å². The number of hydrogen-bond acceptors (Lipinski definition) is 5. The first-order valence-corrected chi connectivity index (χ1v) is 13.2. The third-order valence-corrected chi connectivity index (χ3v) is 9.15. The Morgan fingerprint density at radius 2 is 1.64 bits per heavy atom. The Bertz CT molecular complexity index is 1620. The van der Waals surface area contributed by atoms with Gasteiger partial charge in [-0.3, -0.25) is 4.90 Å². The highest BCUT2D eigenvalue weighted by Crippen LogP contribution is 2.45. The molecule has 3 fully saturated rings. The van der Waals surface area contributed by atoms with E-state index in [1.54, 1.807) is 0 Å². The first kappa shape index (κ1) is 25.9. The fourth-order valence-corrected chi connectivity index (χ4v) is 6.75. The molecule has 16 heteroatoms. The molecule has 0 radical (unpaired) electrons. The summed E-state index contributed by atoms with van der Waals surface area (Å²) in [5.41, 5.74) is -2.74. The molecule has 0 spiro atoms. The van der Waals surface area contributed by atoms with Crippen LogP contribution in [-0.2, 0) is 10.0 Å². The topological polar surface area (TPSA) is 95.8 Å². The number of carbonyl (C=O) groups is 1. The van der Waals surface area contributed by atoms with Crippen molar-refractivity contribution >= 4 is 32.8 Å². The van der Waals surface area contributed by atoms with Gasteiger partial charge in [-0.15, -0.1) is 0 Å². The van der Waals surface area contributed by atoms with Crippen molar-refractivity contribution in [1.29, 1.82) is 0 Å². The molecule has 0 unspecified atom stereocenters. The summed E-state index contributed by atoms with van der Waals surface area (Å²) < 4.78 is 134. The summed E-state index contributed by atoms with van der Waals surface area (Å²) in [6.45, 7) is -1.15. The van der Waals surface area contributed by atoms with Crippen LogP contribution in [0.2, 0.25) is 0 Å². The number of carbonyl (C=O) groups excluding carboxylic acids is 1. The van der Waals surface area contributed by atoms with Gasteiger partial charge in [-0.05, 0) is 19.3 Å². The van der Waals surface area contributed by atoms with Crippen molar-refractivity contribution in [3.05, 3.63) is 47.3 Å². The lowest BCUT2D eigenvalue weighted by atomic mass is 9.98. The number of amides is 2. The third-order valence-electron chi connectivity index (χ3n) is 7.19. The first-order chi connectivity index (χ1) is 18.3. The fraction of sp³-hybridized carbons (Fsp3) is 0.391. The SMILES string of the molecule is O=C1N(c2noc3cc(F)c(F)c(-c4c(F)cc(F)cc4F)c23)CC[C@H]2N1C[C@@H](NS(=O)(=O)C1CC1)C2(F)F. The van der Waals surface area contributed by atoms with Crippen molar-refractivity contribution in [2.45, 2.75) is 42.5 Å². The molecule has 8 nitrogen and oxygen atoms in total. The molecule has 2 saturated heterocycles. The second-order valence-corrected chi connectivity index (χ2v) is 11.6. The summed E-state index contributed by atoms with van der Waals surface area (Å²) in [6, 6.07) is -3.68. The van der Waals surface area contributed by atoms with Crippen LogP contribution in [0.4, 0.5) is 41.3 Å². The smallest absolute Gasteiger partial charge is 0.326 e. The molecule has 1 aromatic heterocycles. The summed E-state index contributed by atoms with van der Waals surface area (Å²) in [6.07, 6.45) is 0.274. The highest BCUT2D eigenvalue weighted by Gasteiger charge is 2.61. The summed E-state index contributed by atoms with van der Waals surface area (Å²) >= 11 is 0. The number of benzene rings is 2. The van der Waals surface area contributed by atoms with E-state index < -0.39 is 116 Å². The van der Waals surface area contributed by atoms with Crippen molar-refractivity contribution in [3.63, 3.8) is 0 Å². The lowest BCUT2D eigenvalue weighted by molar-refractivity contribution is -0.0448. The van der Waals surface area contributed by atoms with E-state index in [1.807, 2.05) is 4.72 Å². The number of fused-ring (bicyclic) bond motifs is 2. The summed E-state index contributed by atoms with van der Waals surface area (Å²) in [4.78, 5) is 14.9. The van der Waals surface area contributed by atoms with Gasteiger partial charge in [-0.25, -0.2) is 48.7 Å². The lowest BCUT2D eigenvalue weighted by Gasteiger charge is -2.37. The van der Waals surface area contributed by atoms with E-state index >= 15 is 13.2 Å². The van der Waals surface area contributed by atoms with Crippen molar-refractivity contribution in [2.75, 3.05) is 18.0 Å². The number of nitrogens with one attached hydrogen (secondary N) is 1. The van der Waals surface area contributed by atoms with Crippen molar-refractivity contribution in [3.8, 4) is 11.1 Å². The van der Waals surface area contributed by atoms with E-state index in [-0.39, 0.29) is 12.1 Å². The molecule has 6 rings (SSSR count). The molecule has 3 heterocycles. The largest absolute Gasteiger partial charge is 0.354 e. The Kier molecular flexibility index (Phi) is 5.67. The zero-order chi connectivity index (χ0) is 28.0. The van der Waals surface area contributed by atoms with E-state index in [2.05, 4.69) is 5.16 Å². The lowest BCUT2D eigenvalue weighted by Crippen LogP contribution is -2.56. The second-order valence-electron chi connectivity index (χ2n) is 9.65. The average Bonchev–Trinajstić information content (AvgIpc) is 3.58. The highest BCUT2D eigenvalue weighted by molar-refractivity contribution is 7.90. The normalized spacial score (nSPS) is 23.1. The monoisotopic (exact) mass is 578 g/mol. The van der Waals surface area contributed by atoms with Crippen LogP contribution in [0.3, 0.4) is 0 Å². The molecule has 1 saturated carbocycles. The first-order valence-electron chi connectivity index (χ1n) is 11.7. The van der Waals surface area contributed by atoms with Gasteiger partial charge in [0.05, 0.1) is 16.2 Å². The van der Waals surface area contributed by atoms with Crippen LogP contribution < -0.4 is 9.62 Å². The molecule has 2 amide bonds. The van der Waals surface area contributed by atoms with E-state index in [4.69, 9.17) is 4.52 Å². The zero-order valence-corrected chi connectivity index (χ0v) is 20.3. The Labute approximate surface area is 215 Å². The summed E-state index contributed by atoms with van der Waals surface area (Å²) in [5, 5.41) is 2.30. The fourth-order valence-electron chi connectivity index (χ4n) is 5.17. The van der Waals surface area contributed by atoms with Crippen LogP contribution in [0.5, 0.6) is 0 Å². The van der Waals surface area contributed by atoms with Crippen molar-refractivity contribution < 1.29 is 48.5 Å². The number of nitrogens with zero attached hydrogens (tertiary/aromatic N) is 3. The average molecular weight is 578 g/mol. The molecular weight excluding hydrogens is 561 g/mol. The molecule has 39 heavy (non-hydrogen) atoms. The van der Waals surface area contributed by atoms with Crippen LogP contribution in [0.25, 0.3) is 22.1 Å². The van der Waals surface area contributed by atoms with Crippen LogP contribution in [0, 0.1) is 29.1 Å². The Hall–Kier alpha value is -3.40. The summed E-state index contributed by atoms with van der Waals surface area (Å²) in [7, 11) is -4.03. The van der Waals surface area contributed by atoms with Gasteiger partial charge in [0.1, 0.15) is 29.5 Å². The third kappa shape index (κ3) is 3.94. The predicted molar refractivity (Wildman–Crippen MR) is 121 cm³/mol. The van der Waals surface area contributed by atoms with Gasteiger partial charge in [0.15, 0.2) is 23.0 Å². The number of hydrogen-bond donors (Lipinski definition) is 1. The minimum atomic E-state index is -4.03. The van der Waals surface area contributed by atoms with Gasteiger partial charge in [0.25, 0.3) is 5.92 Å². The molecule has 2 aliphatic heterocycles. The van der Waals surface area contributed by atoms with E-state index in [0.29, 0.717) is 18.9 Å². The maximum Gasteiger partial charge on any atom is 0.326 e. The molecule has 2 aromatic carbocycles. The van der Waals surface area contributed by atoms with Crippen LogP contribution in [0.1, 0.15) is 19.3 Å². The molecule has 0 bridgehead atoms. The Morgan fingerprint density at radius 1 is 0.974 bits per heavy atom. The highest BCUT2D eigenvalue weighted by atomic mass is 32.2. The molecule has 1 aliphatic carbocycles. The molecule has 3 aromatic rings. The maximum absolute atomic E-state index is 15.2. The number of sulfonamides is 1. The molecule has 208 valence electrons. The van der Waals surface area contributed by atoms with Crippen LogP contribution in [-0.4, -0.2) is 60.9 Å². The van der Waals surface area contributed by atoms with Gasteiger partial charge >= 0.3 is 6.03 Å². The van der Waals surface area contributed by atoms with Gasteiger partial charge in [0, 0.05) is 36.9 Å². The molecule has 2 atom stereocenters. The Balaban J connectivity index is 1.42. The van der Waals surface area contributed by atoms with E-state index in [0.717, 1.165) is 9.80 Å². The quantitative estimate of drug-likeness (QED) is 0.456. The van der Waals surface area contributed by atoms with Crippen molar-refractivity contribution in [2.24, 2.45) is 0 Å². The molecule has 3 aliphatic rings. The van der Waals surface area contributed by atoms with E-state index in [9.17, 15) is 30.8 Å². The number of rotatable bonds is 5. The van der Waals surface area contributed by atoms with Gasteiger partial charge < -0.3 is 9.42 Å². The standard InChI is InChI=1S/C23H17F7N4O4S/c24-9-5-11(25)17(12(26)6-9)19-18-14(7-13(27)20(19)28)38-31-21(18)33-4-3-16-23(29,30)15(8-34(16)22(33)35)32-39(36,37)10-1-2-10/h5-7,10,15-16,32H,1-4,8H2/t15-,16-/m1/s1. The maximum atomic E-state index is 15.2. The number of urea groups is 1. The van der Waals surface area contributed by atoms with Crippen LogP contribution >= 0.6 is 0 Å². The van der Waals surface area contributed by atoms with Gasteiger partial charge in [0.2, 0.25) is 10.0 Å². The van der Waals surface area contributed by atoms with Gasteiger partial charge in [-0.2, -0.15) is 0 Å².